The van der Waals surface area contributed by atoms with Gasteiger partial charge in [-0.2, -0.15) is 5.26 Å². The smallest absolute Gasteiger partial charge is 0.118 e. The molecule has 0 bridgehead atoms. The second-order valence-electron chi connectivity index (χ2n) is 2.02. The molecular formula is C10H14N2. The van der Waals surface area contributed by atoms with E-state index in [1.54, 1.807) is 0 Å². The van der Waals surface area contributed by atoms with Crippen LogP contribution in [0.3, 0.4) is 0 Å². The quantitative estimate of drug-likeness (QED) is 0.688. The van der Waals surface area contributed by atoms with Gasteiger partial charge in [-0.25, -0.2) is 0 Å². The van der Waals surface area contributed by atoms with E-state index in [1.807, 2.05) is 50.2 Å². The zero-order valence-corrected chi connectivity index (χ0v) is 7.49. The topological polar surface area (TPSA) is 49.8 Å². The third-order valence-corrected chi connectivity index (χ3v) is 1.30. The largest absolute Gasteiger partial charge is 0.312 e. The van der Waals surface area contributed by atoms with Gasteiger partial charge in [0.25, 0.3) is 0 Å². The summed E-state index contributed by atoms with van der Waals surface area (Å²) in [6, 6.07) is 10.8. The van der Waals surface area contributed by atoms with Gasteiger partial charge >= 0.3 is 0 Å². The summed E-state index contributed by atoms with van der Waals surface area (Å²) >= 11 is 0. The summed E-state index contributed by atoms with van der Waals surface area (Å²) in [5, 5.41) is 8.41. The number of nitrogens with zero attached hydrogens (tertiary/aromatic N) is 1. The van der Waals surface area contributed by atoms with Gasteiger partial charge in [-0.1, -0.05) is 44.2 Å². The van der Waals surface area contributed by atoms with Crippen LogP contribution in [0.1, 0.15) is 25.5 Å². The summed E-state index contributed by atoms with van der Waals surface area (Å²) in [5.41, 5.74) is 6.30. The second-order valence-corrected chi connectivity index (χ2v) is 2.02. The van der Waals surface area contributed by atoms with Crippen LogP contribution in [0.15, 0.2) is 30.3 Å². The van der Waals surface area contributed by atoms with Gasteiger partial charge in [0, 0.05) is 0 Å². The molecule has 1 rings (SSSR count). The molecular weight excluding hydrogens is 148 g/mol. The molecule has 0 spiro atoms. The van der Waals surface area contributed by atoms with E-state index in [0.29, 0.717) is 0 Å². The van der Waals surface area contributed by atoms with E-state index in [0.717, 1.165) is 5.56 Å². The molecule has 12 heavy (non-hydrogen) atoms. The Morgan fingerprint density at radius 1 is 1.25 bits per heavy atom. The van der Waals surface area contributed by atoms with E-state index in [9.17, 15) is 0 Å². The third-order valence-electron chi connectivity index (χ3n) is 1.30. The van der Waals surface area contributed by atoms with Crippen molar-refractivity contribution in [3.8, 4) is 6.07 Å². The maximum atomic E-state index is 8.41. The fraction of sp³-hybridized carbons (Fsp3) is 0.300. The Kier molecular flexibility index (Phi) is 5.68. The number of nitriles is 1. The van der Waals surface area contributed by atoms with Crippen LogP contribution in [-0.4, -0.2) is 0 Å². The number of hydrogen-bond acceptors (Lipinski definition) is 2. The predicted octanol–water partition coefficient (Wildman–Crippen LogP) is 2.24. The highest BCUT2D eigenvalue weighted by Gasteiger charge is 1.99. The van der Waals surface area contributed by atoms with Gasteiger partial charge in [0.15, 0.2) is 0 Å². The molecule has 0 heterocycles. The first-order valence-corrected chi connectivity index (χ1v) is 4.04. The van der Waals surface area contributed by atoms with Crippen LogP contribution in [0.5, 0.6) is 0 Å². The molecule has 2 heteroatoms. The molecule has 2 N–H and O–H groups in total. The maximum absolute atomic E-state index is 8.41. The lowest BCUT2D eigenvalue weighted by Crippen LogP contribution is -2.06. The highest BCUT2D eigenvalue weighted by atomic mass is 14.6. The summed E-state index contributed by atoms with van der Waals surface area (Å²) in [7, 11) is 0. The lowest BCUT2D eigenvalue weighted by Gasteiger charge is -1.99. The Labute approximate surface area is 73.6 Å². The Hall–Kier alpha value is -1.33. The SMILES string of the molecule is CC.N#CC(N)c1ccccc1. The first-order valence-electron chi connectivity index (χ1n) is 4.04. The third kappa shape index (κ3) is 3.18. The first kappa shape index (κ1) is 10.7. The van der Waals surface area contributed by atoms with Crippen molar-refractivity contribution >= 4 is 0 Å². The summed E-state index contributed by atoms with van der Waals surface area (Å²) in [6.45, 7) is 4.00. The summed E-state index contributed by atoms with van der Waals surface area (Å²) in [5.74, 6) is 0. The minimum Gasteiger partial charge on any atom is -0.312 e. The van der Waals surface area contributed by atoms with E-state index >= 15 is 0 Å². The monoisotopic (exact) mass is 162 g/mol. The molecule has 0 radical (unpaired) electrons. The molecule has 1 aromatic carbocycles. The number of nitrogens with two attached hydrogens (primary N) is 1. The molecule has 0 aliphatic rings. The van der Waals surface area contributed by atoms with Gasteiger partial charge in [-0.3, -0.25) is 0 Å². The van der Waals surface area contributed by atoms with Crippen molar-refractivity contribution < 1.29 is 0 Å². The van der Waals surface area contributed by atoms with E-state index in [2.05, 4.69) is 0 Å². The molecule has 0 aliphatic carbocycles. The lowest BCUT2D eigenvalue weighted by molar-refractivity contribution is 0.926. The van der Waals surface area contributed by atoms with Gasteiger partial charge in [0.1, 0.15) is 6.04 Å². The molecule has 0 aliphatic heterocycles. The normalized spacial score (nSPS) is 10.5. The minimum absolute atomic E-state index is 0.485. The van der Waals surface area contributed by atoms with Crippen LogP contribution in [0.2, 0.25) is 0 Å². The molecule has 0 saturated carbocycles. The standard InChI is InChI=1S/C8H8N2.C2H6/c9-6-8(10)7-4-2-1-3-5-7;1-2/h1-5,8H,10H2;1-2H3. The van der Waals surface area contributed by atoms with Gasteiger partial charge in [-0.15, -0.1) is 0 Å². The van der Waals surface area contributed by atoms with Crippen molar-refractivity contribution in [3.63, 3.8) is 0 Å². The highest BCUT2D eigenvalue weighted by Crippen LogP contribution is 2.06. The zero-order valence-electron chi connectivity index (χ0n) is 7.49. The highest BCUT2D eigenvalue weighted by molar-refractivity contribution is 5.22. The lowest BCUT2D eigenvalue weighted by atomic mass is 10.1. The van der Waals surface area contributed by atoms with Gasteiger partial charge in [0.2, 0.25) is 0 Å². The van der Waals surface area contributed by atoms with Crippen molar-refractivity contribution in [2.75, 3.05) is 0 Å². The number of rotatable bonds is 1. The number of hydrogen-bond donors (Lipinski definition) is 1. The Morgan fingerprint density at radius 2 is 1.75 bits per heavy atom. The second kappa shape index (κ2) is 6.38. The first-order chi connectivity index (χ1) is 5.84. The molecule has 1 atom stereocenters. The molecule has 0 aromatic heterocycles. The zero-order chi connectivity index (χ0) is 9.40. The summed E-state index contributed by atoms with van der Waals surface area (Å²) in [6.07, 6.45) is 0. The molecule has 0 amide bonds. The van der Waals surface area contributed by atoms with Crippen molar-refractivity contribution in [2.45, 2.75) is 19.9 Å². The molecule has 64 valence electrons. The fourth-order valence-electron chi connectivity index (χ4n) is 0.735. The van der Waals surface area contributed by atoms with Crippen molar-refractivity contribution in [1.82, 2.24) is 0 Å². The Balaban J connectivity index is 0.000000561. The Bertz CT molecular complexity index is 236. The molecule has 2 nitrogen and oxygen atoms in total. The summed E-state index contributed by atoms with van der Waals surface area (Å²) in [4.78, 5) is 0. The van der Waals surface area contributed by atoms with Crippen LogP contribution < -0.4 is 5.73 Å². The van der Waals surface area contributed by atoms with E-state index in [1.165, 1.54) is 0 Å². The van der Waals surface area contributed by atoms with Crippen LogP contribution in [0, 0.1) is 11.3 Å². The van der Waals surface area contributed by atoms with E-state index in [4.69, 9.17) is 11.0 Å². The summed E-state index contributed by atoms with van der Waals surface area (Å²) < 4.78 is 0. The van der Waals surface area contributed by atoms with Gasteiger partial charge in [-0.05, 0) is 5.56 Å². The van der Waals surface area contributed by atoms with E-state index in [-0.39, 0.29) is 0 Å². The van der Waals surface area contributed by atoms with E-state index < -0.39 is 6.04 Å². The van der Waals surface area contributed by atoms with Crippen molar-refractivity contribution in [3.05, 3.63) is 35.9 Å². The molecule has 0 fully saturated rings. The Morgan fingerprint density at radius 3 is 2.17 bits per heavy atom. The molecule has 1 aromatic rings. The maximum Gasteiger partial charge on any atom is 0.118 e. The van der Waals surface area contributed by atoms with Gasteiger partial charge in [0.05, 0.1) is 6.07 Å². The minimum atomic E-state index is -0.485. The van der Waals surface area contributed by atoms with Crippen LogP contribution in [0.25, 0.3) is 0 Å². The average Bonchev–Trinajstić information content (AvgIpc) is 2.21. The van der Waals surface area contributed by atoms with Crippen LogP contribution in [0.4, 0.5) is 0 Å². The van der Waals surface area contributed by atoms with Crippen molar-refractivity contribution in [2.24, 2.45) is 5.73 Å². The van der Waals surface area contributed by atoms with Crippen LogP contribution in [-0.2, 0) is 0 Å². The van der Waals surface area contributed by atoms with Gasteiger partial charge < -0.3 is 5.73 Å². The predicted molar refractivity (Wildman–Crippen MR) is 50.3 cm³/mol. The fourth-order valence-corrected chi connectivity index (χ4v) is 0.735. The van der Waals surface area contributed by atoms with Crippen molar-refractivity contribution in [1.29, 1.82) is 5.26 Å². The average molecular weight is 162 g/mol. The van der Waals surface area contributed by atoms with Crippen LogP contribution >= 0.6 is 0 Å². The molecule has 1 unspecified atom stereocenters. The molecule has 0 saturated heterocycles. The number of benzene rings is 1.